The van der Waals surface area contributed by atoms with E-state index in [9.17, 15) is 4.79 Å². The lowest BCUT2D eigenvalue weighted by molar-refractivity contribution is -0.147. The molecule has 0 saturated heterocycles. The lowest BCUT2D eigenvalue weighted by atomic mass is 10.3. The second kappa shape index (κ2) is 3.31. The number of hydrogen-bond donors (Lipinski definition) is 2. The van der Waals surface area contributed by atoms with Crippen molar-refractivity contribution < 1.29 is 15.0 Å². The van der Waals surface area contributed by atoms with Gasteiger partial charge in [-0.3, -0.25) is 0 Å². The van der Waals surface area contributed by atoms with E-state index in [-0.39, 0.29) is 6.54 Å². The number of aryl methyl sites for hydroxylation is 1. The minimum Gasteiger partial charge on any atom is -0.479 e. The number of aromatic nitrogens is 3. The van der Waals surface area contributed by atoms with Crippen LogP contribution in [0.1, 0.15) is 5.82 Å². The standard InChI is InChI=1S/C6H9N3O3/c1-4-7-3-8-9(4)2-5(10)6(11)12/h3,5,10H,2H2,1H3,(H,11,12). The highest BCUT2D eigenvalue weighted by Crippen LogP contribution is 1.94. The average molecular weight is 171 g/mol. The highest BCUT2D eigenvalue weighted by atomic mass is 16.4. The Bertz CT molecular complexity index is 283. The largest absolute Gasteiger partial charge is 0.479 e. The van der Waals surface area contributed by atoms with Gasteiger partial charge in [0, 0.05) is 0 Å². The summed E-state index contributed by atoms with van der Waals surface area (Å²) in [5.41, 5.74) is 0. The van der Waals surface area contributed by atoms with Crippen LogP contribution in [0.3, 0.4) is 0 Å². The Kier molecular flexibility index (Phi) is 2.39. The third kappa shape index (κ3) is 1.79. The van der Waals surface area contributed by atoms with Crippen molar-refractivity contribution in [1.82, 2.24) is 14.8 Å². The maximum atomic E-state index is 10.2. The fourth-order valence-electron chi connectivity index (χ4n) is 0.743. The van der Waals surface area contributed by atoms with Gasteiger partial charge in [0.2, 0.25) is 0 Å². The molecule has 0 bridgehead atoms. The predicted molar refractivity (Wildman–Crippen MR) is 38.4 cm³/mol. The van der Waals surface area contributed by atoms with E-state index in [0.29, 0.717) is 5.82 Å². The van der Waals surface area contributed by atoms with Crippen LogP contribution in [-0.4, -0.2) is 37.1 Å². The Balaban J connectivity index is 2.64. The van der Waals surface area contributed by atoms with Crippen molar-refractivity contribution in [3.05, 3.63) is 12.2 Å². The van der Waals surface area contributed by atoms with E-state index in [1.54, 1.807) is 6.92 Å². The van der Waals surface area contributed by atoms with E-state index < -0.39 is 12.1 Å². The average Bonchev–Trinajstić information content (AvgIpc) is 2.36. The molecule has 1 unspecified atom stereocenters. The smallest absolute Gasteiger partial charge is 0.334 e. The number of nitrogens with zero attached hydrogens (tertiary/aromatic N) is 3. The van der Waals surface area contributed by atoms with E-state index >= 15 is 0 Å². The first kappa shape index (κ1) is 8.66. The third-order valence-corrected chi connectivity index (χ3v) is 1.44. The van der Waals surface area contributed by atoms with Gasteiger partial charge in [0.15, 0.2) is 6.10 Å². The summed E-state index contributed by atoms with van der Waals surface area (Å²) in [6.45, 7) is 1.61. The molecule has 1 rings (SSSR count). The molecule has 6 nitrogen and oxygen atoms in total. The van der Waals surface area contributed by atoms with Crippen molar-refractivity contribution >= 4 is 5.97 Å². The first-order valence-electron chi connectivity index (χ1n) is 3.36. The second-order valence-corrected chi connectivity index (χ2v) is 2.34. The Hall–Kier alpha value is -1.43. The van der Waals surface area contributed by atoms with E-state index in [4.69, 9.17) is 10.2 Å². The third-order valence-electron chi connectivity index (χ3n) is 1.44. The van der Waals surface area contributed by atoms with Gasteiger partial charge < -0.3 is 10.2 Å². The molecule has 0 aromatic carbocycles. The van der Waals surface area contributed by atoms with Crippen LogP contribution in [0.25, 0.3) is 0 Å². The molecule has 0 spiro atoms. The van der Waals surface area contributed by atoms with Gasteiger partial charge in [0.25, 0.3) is 0 Å². The molecule has 1 heterocycles. The zero-order valence-corrected chi connectivity index (χ0v) is 6.51. The number of aliphatic carboxylic acids is 1. The molecule has 1 aromatic rings. The second-order valence-electron chi connectivity index (χ2n) is 2.34. The Labute approximate surface area is 68.5 Å². The number of rotatable bonds is 3. The van der Waals surface area contributed by atoms with E-state index in [2.05, 4.69) is 10.1 Å². The van der Waals surface area contributed by atoms with E-state index in [1.165, 1.54) is 11.0 Å². The lowest BCUT2D eigenvalue weighted by Gasteiger charge is -2.05. The molecule has 0 saturated carbocycles. The number of hydrogen-bond acceptors (Lipinski definition) is 4. The molecular formula is C6H9N3O3. The van der Waals surface area contributed by atoms with Crippen LogP contribution in [0.15, 0.2) is 6.33 Å². The molecule has 0 aliphatic carbocycles. The van der Waals surface area contributed by atoms with Gasteiger partial charge in [-0.25, -0.2) is 14.5 Å². The monoisotopic (exact) mass is 171 g/mol. The van der Waals surface area contributed by atoms with Crippen LogP contribution in [0.4, 0.5) is 0 Å². The molecule has 0 aliphatic heterocycles. The zero-order chi connectivity index (χ0) is 9.14. The van der Waals surface area contributed by atoms with Gasteiger partial charge in [-0.1, -0.05) is 0 Å². The van der Waals surface area contributed by atoms with Crippen LogP contribution >= 0.6 is 0 Å². The Morgan fingerprint density at radius 3 is 2.92 bits per heavy atom. The van der Waals surface area contributed by atoms with Crippen LogP contribution in [-0.2, 0) is 11.3 Å². The van der Waals surface area contributed by atoms with Crippen molar-refractivity contribution in [3.63, 3.8) is 0 Å². The Morgan fingerprint density at radius 2 is 2.50 bits per heavy atom. The summed E-state index contributed by atoms with van der Waals surface area (Å²) < 4.78 is 1.33. The van der Waals surface area contributed by atoms with Crippen molar-refractivity contribution in [2.24, 2.45) is 0 Å². The maximum Gasteiger partial charge on any atom is 0.334 e. The summed E-state index contributed by atoms with van der Waals surface area (Å²) in [6.07, 6.45) is -0.116. The van der Waals surface area contributed by atoms with E-state index in [1.807, 2.05) is 0 Å². The molecule has 0 fully saturated rings. The molecule has 2 N–H and O–H groups in total. The summed E-state index contributed by atoms with van der Waals surface area (Å²) in [4.78, 5) is 14.0. The van der Waals surface area contributed by atoms with Crippen LogP contribution in [0.2, 0.25) is 0 Å². The van der Waals surface area contributed by atoms with E-state index in [0.717, 1.165) is 0 Å². The fraction of sp³-hybridized carbons (Fsp3) is 0.500. The highest BCUT2D eigenvalue weighted by Gasteiger charge is 2.14. The summed E-state index contributed by atoms with van der Waals surface area (Å²) in [6, 6.07) is 0. The predicted octanol–water partition coefficient (Wildman–Crippen LogP) is -0.968. The summed E-state index contributed by atoms with van der Waals surface area (Å²) in [7, 11) is 0. The minimum absolute atomic E-state index is 0.0683. The van der Waals surface area contributed by atoms with Gasteiger partial charge in [0.05, 0.1) is 6.54 Å². The molecule has 6 heteroatoms. The van der Waals surface area contributed by atoms with Crippen LogP contribution < -0.4 is 0 Å². The maximum absolute atomic E-state index is 10.2. The van der Waals surface area contributed by atoms with Gasteiger partial charge in [-0.05, 0) is 6.92 Å². The number of aliphatic hydroxyl groups is 1. The number of carbonyl (C=O) groups is 1. The molecular weight excluding hydrogens is 162 g/mol. The van der Waals surface area contributed by atoms with Crippen molar-refractivity contribution in [3.8, 4) is 0 Å². The van der Waals surface area contributed by atoms with Gasteiger partial charge in [-0.2, -0.15) is 5.10 Å². The van der Waals surface area contributed by atoms with Crippen LogP contribution in [0.5, 0.6) is 0 Å². The van der Waals surface area contributed by atoms with Crippen molar-refractivity contribution in [2.45, 2.75) is 19.6 Å². The summed E-state index contributed by atoms with van der Waals surface area (Å²) in [5.74, 6) is -0.680. The van der Waals surface area contributed by atoms with Crippen LogP contribution in [0, 0.1) is 6.92 Å². The highest BCUT2D eigenvalue weighted by molar-refractivity contribution is 5.71. The molecule has 12 heavy (non-hydrogen) atoms. The number of carboxylic acid groups (broad SMARTS) is 1. The normalized spacial score (nSPS) is 12.8. The first-order chi connectivity index (χ1) is 5.61. The topological polar surface area (TPSA) is 88.2 Å². The molecule has 1 aromatic heterocycles. The lowest BCUT2D eigenvalue weighted by Crippen LogP contribution is -2.26. The fourth-order valence-corrected chi connectivity index (χ4v) is 0.743. The molecule has 66 valence electrons. The molecule has 0 amide bonds. The Morgan fingerprint density at radius 1 is 1.83 bits per heavy atom. The molecule has 0 radical (unpaired) electrons. The molecule has 0 aliphatic rings. The van der Waals surface area contributed by atoms with Crippen molar-refractivity contribution in [1.29, 1.82) is 0 Å². The quantitative estimate of drug-likeness (QED) is 0.611. The molecule has 1 atom stereocenters. The number of carboxylic acids is 1. The summed E-state index contributed by atoms with van der Waals surface area (Å²) >= 11 is 0. The number of aliphatic hydroxyl groups excluding tert-OH is 1. The van der Waals surface area contributed by atoms with Crippen molar-refractivity contribution in [2.75, 3.05) is 0 Å². The van der Waals surface area contributed by atoms with Gasteiger partial charge in [-0.15, -0.1) is 0 Å². The first-order valence-corrected chi connectivity index (χ1v) is 3.36. The summed E-state index contributed by atoms with van der Waals surface area (Å²) in [5, 5.41) is 21.0. The van der Waals surface area contributed by atoms with Gasteiger partial charge >= 0.3 is 5.97 Å². The SMILES string of the molecule is Cc1ncnn1CC(O)C(=O)O. The van der Waals surface area contributed by atoms with Gasteiger partial charge in [0.1, 0.15) is 12.2 Å². The zero-order valence-electron chi connectivity index (χ0n) is 6.51. The minimum atomic E-state index is -1.43.